The molecule has 2 rings (SSSR count). The zero-order valence-corrected chi connectivity index (χ0v) is 12.2. The van der Waals surface area contributed by atoms with E-state index in [9.17, 15) is 9.50 Å². The van der Waals surface area contributed by atoms with Crippen LogP contribution in [-0.2, 0) is 6.54 Å². The Morgan fingerprint density at radius 1 is 1.39 bits per heavy atom. The molecule has 100 valence electrons. The summed E-state index contributed by atoms with van der Waals surface area (Å²) in [5.74, 6) is -0.218. The van der Waals surface area contributed by atoms with Gasteiger partial charge in [-0.1, -0.05) is 22.0 Å². The molecule has 1 unspecified atom stereocenters. The zero-order chi connectivity index (χ0) is 13.2. The molecule has 0 amide bonds. The van der Waals surface area contributed by atoms with Crippen molar-refractivity contribution in [1.82, 2.24) is 4.90 Å². The summed E-state index contributed by atoms with van der Waals surface area (Å²) in [6.45, 7) is 4.58. The van der Waals surface area contributed by atoms with Crippen LogP contribution in [0.15, 0.2) is 22.7 Å². The molecule has 0 radical (unpaired) electrons. The average Bonchev–Trinajstić information content (AvgIpc) is 2.44. The second kappa shape index (κ2) is 5.68. The van der Waals surface area contributed by atoms with E-state index in [1.54, 1.807) is 0 Å². The third kappa shape index (κ3) is 3.77. The van der Waals surface area contributed by atoms with Gasteiger partial charge in [-0.05, 0) is 50.4 Å². The minimum Gasteiger partial charge on any atom is -0.390 e. The largest absolute Gasteiger partial charge is 0.390 e. The summed E-state index contributed by atoms with van der Waals surface area (Å²) in [7, 11) is 0. The molecule has 1 heterocycles. The first-order valence-corrected chi connectivity index (χ1v) is 7.14. The van der Waals surface area contributed by atoms with Crippen molar-refractivity contribution in [2.24, 2.45) is 0 Å². The first-order valence-electron chi connectivity index (χ1n) is 6.35. The van der Waals surface area contributed by atoms with E-state index < -0.39 is 5.60 Å². The normalized spacial score (nSPS) is 26.0. The molecule has 0 aliphatic carbocycles. The molecule has 0 aromatic heterocycles. The first-order chi connectivity index (χ1) is 8.46. The van der Waals surface area contributed by atoms with Crippen LogP contribution in [0.1, 0.15) is 31.7 Å². The lowest BCUT2D eigenvalue weighted by Crippen LogP contribution is -2.28. The number of nitrogens with zero attached hydrogens (tertiary/aromatic N) is 1. The van der Waals surface area contributed by atoms with Crippen LogP contribution in [0.2, 0.25) is 0 Å². The molecule has 18 heavy (non-hydrogen) atoms. The van der Waals surface area contributed by atoms with Crippen LogP contribution in [0.4, 0.5) is 4.39 Å². The summed E-state index contributed by atoms with van der Waals surface area (Å²) < 4.78 is 13.8. The zero-order valence-electron chi connectivity index (χ0n) is 10.6. The monoisotopic (exact) mass is 315 g/mol. The van der Waals surface area contributed by atoms with Crippen molar-refractivity contribution < 1.29 is 9.50 Å². The Morgan fingerprint density at radius 2 is 2.17 bits per heavy atom. The predicted molar refractivity (Wildman–Crippen MR) is 73.9 cm³/mol. The number of likely N-dealkylation sites (tertiary alicyclic amines) is 1. The lowest BCUT2D eigenvalue weighted by atomic mass is 9.98. The minimum absolute atomic E-state index is 0.218. The molecule has 1 aliphatic rings. The standard InChI is InChI=1S/C14H19BrFNO/c1-14(18)5-2-7-17(8-6-14)10-11-3-4-12(16)9-13(11)15/h3-4,9,18H,2,5-8,10H2,1H3. The summed E-state index contributed by atoms with van der Waals surface area (Å²) in [6.07, 6.45) is 2.66. The maximum atomic E-state index is 13.0. The number of halogens is 2. The van der Waals surface area contributed by atoms with Gasteiger partial charge in [-0.15, -0.1) is 0 Å². The molecule has 1 aliphatic heterocycles. The predicted octanol–water partition coefficient (Wildman–Crippen LogP) is 3.33. The van der Waals surface area contributed by atoms with Gasteiger partial charge in [0.15, 0.2) is 0 Å². The summed E-state index contributed by atoms with van der Waals surface area (Å²) in [6, 6.07) is 4.82. The number of aliphatic hydroxyl groups is 1. The van der Waals surface area contributed by atoms with Crippen LogP contribution in [0, 0.1) is 5.82 Å². The SMILES string of the molecule is CC1(O)CCCN(Cc2ccc(F)cc2Br)CC1. The van der Waals surface area contributed by atoms with Crippen molar-refractivity contribution in [2.75, 3.05) is 13.1 Å². The minimum atomic E-state index is -0.533. The second-order valence-corrected chi connectivity index (χ2v) is 6.22. The van der Waals surface area contributed by atoms with Gasteiger partial charge in [-0.2, -0.15) is 0 Å². The van der Waals surface area contributed by atoms with E-state index in [1.165, 1.54) is 12.1 Å². The number of hydrogen-bond acceptors (Lipinski definition) is 2. The lowest BCUT2D eigenvalue weighted by Gasteiger charge is -2.22. The Morgan fingerprint density at radius 3 is 2.89 bits per heavy atom. The Hall–Kier alpha value is -0.450. The highest BCUT2D eigenvalue weighted by Crippen LogP contribution is 2.24. The first kappa shape index (κ1) is 14.0. The van der Waals surface area contributed by atoms with E-state index in [0.29, 0.717) is 0 Å². The fourth-order valence-electron chi connectivity index (χ4n) is 2.37. The van der Waals surface area contributed by atoms with Crippen LogP contribution >= 0.6 is 15.9 Å². The van der Waals surface area contributed by atoms with E-state index in [1.807, 2.05) is 13.0 Å². The topological polar surface area (TPSA) is 23.5 Å². The van der Waals surface area contributed by atoms with Crippen molar-refractivity contribution in [2.45, 2.75) is 38.3 Å². The maximum absolute atomic E-state index is 13.0. The molecule has 1 N–H and O–H groups in total. The lowest BCUT2D eigenvalue weighted by molar-refractivity contribution is 0.0444. The molecule has 0 saturated carbocycles. The fraction of sp³-hybridized carbons (Fsp3) is 0.571. The van der Waals surface area contributed by atoms with Gasteiger partial charge in [0.05, 0.1) is 5.60 Å². The van der Waals surface area contributed by atoms with Crippen molar-refractivity contribution in [1.29, 1.82) is 0 Å². The highest BCUT2D eigenvalue weighted by Gasteiger charge is 2.25. The van der Waals surface area contributed by atoms with E-state index in [4.69, 9.17) is 0 Å². The molecule has 1 atom stereocenters. The summed E-state index contributed by atoms with van der Waals surface area (Å²) in [4.78, 5) is 2.32. The van der Waals surface area contributed by atoms with Gasteiger partial charge in [0.1, 0.15) is 5.82 Å². The average molecular weight is 316 g/mol. The van der Waals surface area contributed by atoms with Crippen LogP contribution in [0.5, 0.6) is 0 Å². The Balaban J connectivity index is 2.01. The third-order valence-corrected chi connectivity index (χ3v) is 4.30. The van der Waals surface area contributed by atoms with Gasteiger partial charge in [0.2, 0.25) is 0 Å². The molecule has 4 heteroatoms. The highest BCUT2D eigenvalue weighted by atomic mass is 79.9. The molecule has 1 saturated heterocycles. The van der Waals surface area contributed by atoms with E-state index >= 15 is 0 Å². The smallest absolute Gasteiger partial charge is 0.124 e. The molecule has 0 bridgehead atoms. The molecule has 1 fully saturated rings. The van der Waals surface area contributed by atoms with Gasteiger partial charge < -0.3 is 5.11 Å². The Bertz CT molecular complexity index is 422. The van der Waals surface area contributed by atoms with E-state index in [-0.39, 0.29) is 5.82 Å². The quantitative estimate of drug-likeness (QED) is 0.905. The van der Waals surface area contributed by atoms with Crippen molar-refractivity contribution >= 4 is 15.9 Å². The van der Waals surface area contributed by atoms with Crippen LogP contribution in [0.25, 0.3) is 0 Å². The summed E-state index contributed by atoms with van der Waals surface area (Å²) >= 11 is 3.40. The van der Waals surface area contributed by atoms with E-state index in [0.717, 1.165) is 48.9 Å². The maximum Gasteiger partial charge on any atom is 0.124 e. The number of rotatable bonds is 2. The van der Waals surface area contributed by atoms with Crippen molar-refractivity contribution in [3.05, 3.63) is 34.1 Å². The molecular weight excluding hydrogens is 297 g/mol. The molecule has 1 aromatic carbocycles. The van der Waals surface area contributed by atoms with Gasteiger partial charge in [0, 0.05) is 17.6 Å². The second-order valence-electron chi connectivity index (χ2n) is 5.36. The molecule has 2 nitrogen and oxygen atoms in total. The van der Waals surface area contributed by atoms with Gasteiger partial charge >= 0.3 is 0 Å². The highest BCUT2D eigenvalue weighted by molar-refractivity contribution is 9.10. The Labute approximate surface area is 116 Å². The molecule has 1 aromatic rings. The summed E-state index contributed by atoms with van der Waals surface area (Å²) in [5, 5.41) is 10.0. The van der Waals surface area contributed by atoms with Crippen molar-refractivity contribution in [3.63, 3.8) is 0 Å². The van der Waals surface area contributed by atoms with Crippen LogP contribution in [0.3, 0.4) is 0 Å². The van der Waals surface area contributed by atoms with Crippen LogP contribution in [-0.4, -0.2) is 28.7 Å². The number of benzene rings is 1. The van der Waals surface area contributed by atoms with E-state index in [2.05, 4.69) is 20.8 Å². The number of hydrogen-bond donors (Lipinski definition) is 1. The third-order valence-electron chi connectivity index (χ3n) is 3.57. The Kier molecular flexibility index (Phi) is 4.41. The summed E-state index contributed by atoms with van der Waals surface area (Å²) in [5.41, 5.74) is 0.562. The fourth-order valence-corrected chi connectivity index (χ4v) is 2.84. The molecule has 0 spiro atoms. The van der Waals surface area contributed by atoms with Crippen molar-refractivity contribution in [3.8, 4) is 0 Å². The molecular formula is C14H19BrFNO. The van der Waals surface area contributed by atoms with Crippen LogP contribution < -0.4 is 0 Å². The van der Waals surface area contributed by atoms with Gasteiger partial charge in [-0.25, -0.2) is 4.39 Å². The van der Waals surface area contributed by atoms with Gasteiger partial charge in [0.25, 0.3) is 0 Å². The van der Waals surface area contributed by atoms with Gasteiger partial charge in [-0.3, -0.25) is 4.90 Å².